The molecule has 0 fully saturated rings. The molecule has 0 saturated carbocycles. The Morgan fingerprint density at radius 3 is 2.50 bits per heavy atom. The molecule has 2 rings (SSSR count). The fourth-order valence-electron chi connectivity index (χ4n) is 1.65. The maximum Gasteiger partial charge on any atom is 0.264 e. The van der Waals surface area contributed by atoms with Gasteiger partial charge in [-0.3, -0.25) is 4.79 Å². The normalized spacial score (nSPS) is 10.6. The molecule has 0 radical (unpaired) electrons. The van der Waals surface area contributed by atoms with Crippen LogP contribution in [0.5, 0.6) is 0 Å². The molecule has 0 bridgehead atoms. The summed E-state index contributed by atoms with van der Waals surface area (Å²) >= 11 is 4.32. The van der Waals surface area contributed by atoms with E-state index >= 15 is 0 Å². The summed E-state index contributed by atoms with van der Waals surface area (Å²) in [6.07, 6.45) is 1.82. The lowest BCUT2D eigenvalue weighted by Gasteiger charge is -2.06. The molecule has 0 aliphatic carbocycles. The first-order valence-electron chi connectivity index (χ1n) is 5.66. The Balaban J connectivity index is 2.51. The van der Waals surface area contributed by atoms with Crippen LogP contribution in [0.2, 0.25) is 0 Å². The smallest absolute Gasteiger partial charge is 0.264 e. The van der Waals surface area contributed by atoms with Crippen LogP contribution in [0.15, 0.2) is 29.1 Å². The maximum absolute atomic E-state index is 11.9. The molecule has 18 heavy (non-hydrogen) atoms. The van der Waals surface area contributed by atoms with Gasteiger partial charge in [0.1, 0.15) is 5.82 Å². The summed E-state index contributed by atoms with van der Waals surface area (Å²) in [5, 5.41) is 0. The van der Waals surface area contributed by atoms with Crippen LogP contribution in [0, 0.1) is 7.14 Å². The summed E-state index contributed by atoms with van der Waals surface area (Å²) in [6.45, 7) is 2.09. The lowest BCUT2D eigenvalue weighted by molar-refractivity contribution is 0.860. The highest BCUT2D eigenvalue weighted by atomic mass is 127. The molecule has 0 unspecified atom stereocenters. The molecule has 3 nitrogen and oxygen atoms in total. The van der Waals surface area contributed by atoms with E-state index < -0.39 is 0 Å². The monoisotopic (exact) mass is 466 g/mol. The van der Waals surface area contributed by atoms with Gasteiger partial charge in [-0.2, -0.15) is 0 Å². The zero-order valence-corrected chi connectivity index (χ0v) is 14.2. The van der Waals surface area contributed by atoms with E-state index in [1.54, 1.807) is 0 Å². The molecule has 0 saturated heterocycles. The van der Waals surface area contributed by atoms with Gasteiger partial charge in [0.2, 0.25) is 0 Å². The highest BCUT2D eigenvalue weighted by Gasteiger charge is 2.09. The largest absolute Gasteiger partial charge is 0.306 e. The van der Waals surface area contributed by atoms with E-state index in [9.17, 15) is 4.79 Å². The Labute approximate surface area is 133 Å². The van der Waals surface area contributed by atoms with Crippen LogP contribution in [0.1, 0.15) is 19.0 Å². The van der Waals surface area contributed by atoms with Crippen LogP contribution in [0.4, 0.5) is 0 Å². The van der Waals surface area contributed by atoms with Crippen molar-refractivity contribution in [3.8, 4) is 11.4 Å². The summed E-state index contributed by atoms with van der Waals surface area (Å²) in [6, 6.07) is 7.96. The summed E-state index contributed by atoms with van der Waals surface area (Å²) in [4.78, 5) is 19.3. The molecule has 0 atom stereocenters. The van der Waals surface area contributed by atoms with Gasteiger partial charge in [0.05, 0.1) is 9.26 Å². The van der Waals surface area contributed by atoms with E-state index in [4.69, 9.17) is 0 Å². The number of aryl methyl sites for hydroxylation is 1. The first-order valence-corrected chi connectivity index (χ1v) is 7.82. The third kappa shape index (κ3) is 3.11. The highest BCUT2D eigenvalue weighted by molar-refractivity contribution is 14.1. The summed E-state index contributed by atoms with van der Waals surface area (Å²) < 4.78 is 1.86. The molecule has 1 heterocycles. The third-order valence-corrected chi connectivity index (χ3v) is 4.37. The Kier molecular flexibility index (Phi) is 4.77. The molecular formula is C13H12I2N2O. The molecule has 1 N–H and O–H groups in total. The Hall–Kier alpha value is -0.440. The predicted octanol–water partition coefficient (Wildman–Crippen LogP) is 3.60. The molecule has 2 aromatic rings. The van der Waals surface area contributed by atoms with Crippen molar-refractivity contribution >= 4 is 45.2 Å². The number of halogens is 2. The number of nitrogens with zero attached hydrogens (tertiary/aromatic N) is 1. The minimum absolute atomic E-state index is 0.0531. The average Bonchev–Trinajstić information content (AvgIpc) is 2.36. The first-order chi connectivity index (χ1) is 8.61. The number of rotatable bonds is 3. The van der Waals surface area contributed by atoms with Crippen molar-refractivity contribution in [1.82, 2.24) is 9.97 Å². The van der Waals surface area contributed by atoms with Crippen LogP contribution in [-0.4, -0.2) is 9.97 Å². The number of hydrogen-bond donors (Lipinski definition) is 1. The van der Waals surface area contributed by atoms with E-state index in [1.807, 2.05) is 24.3 Å². The number of hydrogen-bond acceptors (Lipinski definition) is 2. The topological polar surface area (TPSA) is 45.8 Å². The highest BCUT2D eigenvalue weighted by Crippen LogP contribution is 2.17. The van der Waals surface area contributed by atoms with Gasteiger partial charge in [-0.1, -0.05) is 25.5 Å². The van der Waals surface area contributed by atoms with Gasteiger partial charge in [0, 0.05) is 9.13 Å². The predicted molar refractivity (Wildman–Crippen MR) is 89.7 cm³/mol. The number of H-pyrrole nitrogens is 1. The van der Waals surface area contributed by atoms with E-state index in [-0.39, 0.29) is 5.56 Å². The zero-order valence-electron chi connectivity index (χ0n) is 9.84. The standard InChI is InChI=1S/C13H12I2N2O/c1-2-3-10-11(15)13(18)17-12(16-10)8-4-6-9(14)7-5-8/h4-7H,2-3H2,1H3,(H,16,17,18). The van der Waals surface area contributed by atoms with Crippen molar-refractivity contribution in [2.75, 3.05) is 0 Å². The minimum atomic E-state index is -0.0531. The average molecular weight is 466 g/mol. The number of aromatic nitrogens is 2. The minimum Gasteiger partial charge on any atom is -0.306 e. The molecular weight excluding hydrogens is 454 g/mol. The van der Waals surface area contributed by atoms with E-state index in [2.05, 4.69) is 62.1 Å². The molecule has 0 aliphatic rings. The molecule has 94 valence electrons. The van der Waals surface area contributed by atoms with Crippen molar-refractivity contribution < 1.29 is 0 Å². The van der Waals surface area contributed by atoms with Gasteiger partial charge in [0.25, 0.3) is 5.56 Å². The maximum atomic E-state index is 11.9. The van der Waals surface area contributed by atoms with Crippen molar-refractivity contribution in [2.24, 2.45) is 0 Å². The van der Waals surface area contributed by atoms with E-state index in [1.165, 1.54) is 0 Å². The molecule has 1 aromatic carbocycles. The quantitative estimate of drug-likeness (QED) is 0.704. The Morgan fingerprint density at radius 1 is 1.22 bits per heavy atom. The Morgan fingerprint density at radius 2 is 1.89 bits per heavy atom. The van der Waals surface area contributed by atoms with E-state index in [0.29, 0.717) is 9.39 Å². The molecule has 1 aromatic heterocycles. The van der Waals surface area contributed by atoms with Crippen molar-refractivity contribution in [3.63, 3.8) is 0 Å². The van der Waals surface area contributed by atoms with Gasteiger partial charge in [-0.05, 0) is 63.7 Å². The van der Waals surface area contributed by atoms with E-state index in [0.717, 1.165) is 27.7 Å². The third-order valence-electron chi connectivity index (χ3n) is 2.54. The van der Waals surface area contributed by atoms with Crippen LogP contribution >= 0.6 is 45.2 Å². The number of nitrogens with one attached hydrogen (secondary N) is 1. The Bertz CT molecular complexity index is 605. The molecule has 0 amide bonds. The summed E-state index contributed by atoms with van der Waals surface area (Å²) in [5.74, 6) is 0.653. The van der Waals surface area contributed by atoms with Crippen molar-refractivity contribution in [3.05, 3.63) is 47.5 Å². The molecule has 0 spiro atoms. The second-order valence-electron chi connectivity index (χ2n) is 3.93. The fourth-order valence-corrected chi connectivity index (χ4v) is 2.54. The van der Waals surface area contributed by atoms with Crippen LogP contribution in [0.25, 0.3) is 11.4 Å². The lowest BCUT2D eigenvalue weighted by Crippen LogP contribution is -2.16. The molecule has 0 aliphatic heterocycles. The number of benzene rings is 1. The number of aromatic amines is 1. The lowest BCUT2D eigenvalue weighted by atomic mass is 10.2. The second kappa shape index (κ2) is 6.14. The zero-order chi connectivity index (χ0) is 13.1. The van der Waals surface area contributed by atoms with Crippen LogP contribution < -0.4 is 5.56 Å². The van der Waals surface area contributed by atoms with Gasteiger partial charge in [-0.15, -0.1) is 0 Å². The first kappa shape index (κ1) is 14.0. The SMILES string of the molecule is CCCc1nc(-c2ccc(I)cc2)[nH]c(=O)c1I. The summed E-state index contributed by atoms with van der Waals surface area (Å²) in [7, 11) is 0. The van der Waals surface area contributed by atoms with Crippen molar-refractivity contribution in [2.45, 2.75) is 19.8 Å². The van der Waals surface area contributed by atoms with Crippen molar-refractivity contribution in [1.29, 1.82) is 0 Å². The fraction of sp³-hybridized carbons (Fsp3) is 0.231. The summed E-state index contributed by atoms with van der Waals surface area (Å²) in [5.41, 5.74) is 1.78. The van der Waals surface area contributed by atoms with Crippen LogP contribution in [0.3, 0.4) is 0 Å². The second-order valence-corrected chi connectivity index (χ2v) is 6.26. The van der Waals surface area contributed by atoms with Gasteiger partial charge in [-0.25, -0.2) is 4.98 Å². The van der Waals surface area contributed by atoms with Gasteiger partial charge < -0.3 is 4.98 Å². The van der Waals surface area contributed by atoms with Gasteiger partial charge >= 0.3 is 0 Å². The van der Waals surface area contributed by atoms with Crippen LogP contribution in [-0.2, 0) is 6.42 Å². The van der Waals surface area contributed by atoms with Gasteiger partial charge in [0.15, 0.2) is 0 Å². The molecule has 5 heteroatoms.